The van der Waals surface area contributed by atoms with Gasteiger partial charge in [0.05, 0.1) is 18.4 Å². The van der Waals surface area contributed by atoms with Crippen LogP contribution in [0.15, 0.2) is 35.3 Å². The lowest BCUT2D eigenvalue weighted by Gasteiger charge is -2.13. The maximum Gasteiger partial charge on any atom is 0.213 e. The van der Waals surface area contributed by atoms with E-state index in [1.54, 1.807) is 0 Å². The molecule has 0 saturated carbocycles. The van der Waals surface area contributed by atoms with Crippen LogP contribution in [-0.2, 0) is 21.3 Å². The van der Waals surface area contributed by atoms with Crippen LogP contribution in [0.25, 0.3) is 0 Å². The van der Waals surface area contributed by atoms with E-state index in [0.717, 1.165) is 31.6 Å². The van der Waals surface area contributed by atoms with E-state index in [0.29, 0.717) is 25.6 Å². The van der Waals surface area contributed by atoms with E-state index in [-0.39, 0.29) is 35.8 Å². The highest BCUT2D eigenvalue weighted by atomic mass is 127. The van der Waals surface area contributed by atoms with Gasteiger partial charge in [-0.1, -0.05) is 30.3 Å². The minimum Gasteiger partial charge on any atom is -0.376 e. The predicted octanol–water partition coefficient (Wildman–Crippen LogP) is 1.46. The predicted molar refractivity (Wildman–Crippen MR) is 115 cm³/mol. The fourth-order valence-corrected chi connectivity index (χ4v) is 3.39. The van der Waals surface area contributed by atoms with Gasteiger partial charge in [-0.15, -0.1) is 24.0 Å². The molecule has 1 saturated heterocycles. The first kappa shape index (κ1) is 23.1. The van der Waals surface area contributed by atoms with E-state index in [9.17, 15) is 8.42 Å². The largest absolute Gasteiger partial charge is 0.376 e. The first-order valence-corrected chi connectivity index (χ1v) is 10.4. The van der Waals surface area contributed by atoms with E-state index in [1.807, 2.05) is 37.3 Å². The van der Waals surface area contributed by atoms with Gasteiger partial charge in [-0.05, 0) is 25.3 Å². The van der Waals surface area contributed by atoms with E-state index >= 15 is 0 Å². The van der Waals surface area contributed by atoms with Crippen molar-refractivity contribution in [2.24, 2.45) is 4.99 Å². The molecule has 2 rings (SSSR count). The molecule has 9 heteroatoms. The summed E-state index contributed by atoms with van der Waals surface area (Å²) in [5.41, 5.74) is 0.936. The number of aliphatic imine (C=N–C) groups is 1. The molecule has 1 aromatic rings. The Bertz CT molecular complexity index is 635. The molecule has 0 spiro atoms. The third-order valence-corrected chi connectivity index (χ3v) is 5.15. The third-order valence-electron chi connectivity index (χ3n) is 3.82. The second-order valence-electron chi connectivity index (χ2n) is 5.91. The van der Waals surface area contributed by atoms with E-state index < -0.39 is 10.0 Å². The number of rotatable bonds is 9. The summed E-state index contributed by atoms with van der Waals surface area (Å²) in [5, 5.41) is 6.18. The fraction of sp³-hybridized carbons (Fsp3) is 0.588. The average Bonchev–Trinajstić information content (AvgIpc) is 3.12. The van der Waals surface area contributed by atoms with Crippen molar-refractivity contribution in [2.75, 3.05) is 32.0 Å². The van der Waals surface area contributed by atoms with Crippen LogP contribution in [-0.4, -0.2) is 52.5 Å². The zero-order chi connectivity index (χ0) is 18.0. The molecule has 1 aliphatic rings. The van der Waals surface area contributed by atoms with Crippen molar-refractivity contribution in [2.45, 2.75) is 32.4 Å². The number of sulfonamides is 1. The van der Waals surface area contributed by atoms with Gasteiger partial charge in [-0.2, -0.15) is 0 Å². The number of halogens is 1. The molecule has 26 heavy (non-hydrogen) atoms. The Morgan fingerprint density at radius 1 is 1.27 bits per heavy atom. The molecule has 0 amide bonds. The van der Waals surface area contributed by atoms with Crippen LogP contribution in [0.1, 0.15) is 25.3 Å². The lowest BCUT2D eigenvalue weighted by atomic mass is 10.2. The van der Waals surface area contributed by atoms with Crippen molar-refractivity contribution in [3.8, 4) is 0 Å². The van der Waals surface area contributed by atoms with Gasteiger partial charge in [-0.3, -0.25) is 4.99 Å². The molecule has 148 valence electrons. The summed E-state index contributed by atoms with van der Waals surface area (Å²) in [6.07, 6.45) is 2.28. The van der Waals surface area contributed by atoms with Crippen LogP contribution in [0, 0.1) is 0 Å². The Labute approximate surface area is 173 Å². The minimum atomic E-state index is -3.34. The molecule has 1 unspecified atom stereocenters. The standard InChI is InChI=1S/C17H28N4O3S.HI/c1-2-18-17(20-14-16-9-6-11-24-16)19-10-12-25(22,23)21-13-15-7-4-3-5-8-15;/h3-5,7-8,16,21H,2,6,9-14H2,1H3,(H2,18,19,20);1H. The highest BCUT2D eigenvalue weighted by Gasteiger charge is 2.15. The average molecular weight is 496 g/mol. The van der Waals surface area contributed by atoms with Crippen molar-refractivity contribution in [3.63, 3.8) is 0 Å². The first-order valence-electron chi connectivity index (χ1n) is 8.74. The van der Waals surface area contributed by atoms with E-state index in [2.05, 4.69) is 20.3 Å². The number of nitrogens with zero attached hydrogens (tertiary/aromatic N) is 1. The third kappa shape index (κ3) is 9.15. The molecule has 0 aromatic heterocycles. The summed E-state index contributed by atoms with van der Waals surface area (Å²) in [5.74, 6) is 0.612. The Kier molecular flexibility index (Phi) is 11.1. The number of guanidine groups is 1. The summed E-state index contributed by atoms with van der Waals surface area (Å²) < 4.78 is 32.3. The molecule has 1 aromatic carbocycles. The topological polar surface area (TPSA) is 91.8 Å². The Morgan fingerprint density at radius 3 is 2.69 bits per heavy atom. The lowest BCUT2D eigenvalue weighted by molar-refractivity contribution is 0.117. The Morgan fingerprint density at radius 2 is 2.04 bits per heavy atom. The molecule has 1 atom stereocenters. The number of hydrogen-bond acceptors (Lipinski definition) is 4. The van der Waals surface area contributed by atoms with Crippen molar-refractivity contribution in [3.05, 3.63) is 35.9 Å². The van der Waals surface area contributed by atoms with Gasteiger partial charge in [0.15, 0.2) is 5.96 Å². The van der Waals surface area contributed by atoms with Crippen LogP contribution in [0.4, 0.5) is 0 Å². The van der Waals surface area contributed by atoms with E-state index in [4.69, 9.17) is 4.74 Å². The number of nitrogens with one attached hydrogen (secondary N) is 3. The van der Waals surface area contributed by atoms with Gasteiger partial charge in [0.25, 0.3) is 0 Å². The molecule has 3 N–H and O–H groups in total. The highest BCUT2D eigenvalue weighted by Crippen LogP contribution is 2.11. The molecule has 0 aliphatic carbocycles. The normalized spacial score (nSPS) is 17.6. The molecule has 0 bridgehead atoms. The van der Waals surface area contributed by atoms with Crippen LogP contribution in [0.5, 0.6) is 0 Å². The van der Waals surface area contributed by atoms with Gasteiger partial charge in [-0.25, -0.2) is 13.1 Å². The molecular formula is C17H29IN4O3S. The van der Waals surface area contributed by atoms with Crippen molar-refractivity contribution >= 4 is 40.0 Å². The summed E-state index contributed by atoms with van der Waals surface area (Å²) in [4.78, 5) is 4.46. The summed E-state index contributed by atoms with van der Waals surface area (Å²) in [6, 6.07) is 9.46. The van der Waals surface area contributed by atoms with Gasteiger partial charge < -0.3 is 15.4 Å². The van der Waals surface area contributed by atoms with Crippen LogP contribution in [0.3, 0.4) is 0 Å². The molecule has 1 heterocycles. The monoisotopic (exact) mass is 496 g/mol. The van der Waals surface area contributed by atoms with Gasteiger partial charge in [0.1, 0.15) is 0 Å². The zero-order valence-corrected chi connectivity index (χ0v) is 18.3. The van der Waals surface area contributed by atoms with Crippen LogP contribution < -0.4 is 15.4 Å². The van der Waals surface area contributed by atoms with Crippen molar-refractivity contribution in [1.29, 1.82) is 0 Å². The number of ether oxygens (including phenoxy) is 1. The molecule has 0 radical (unpaired) electrons. The summed E-state index contributed by atoms with van der Waals surface area (Å²) in [7, 11) is -3.34. The maximum atomic E-state index is 12.1. The van der Waals surface area contributed by atoms with Crippen LogP contribution >= 0.6 is 24.0 Å². The molecule has 7 nitrogen and oxygen atoms in total. The fourth-order valence-electron chi connectivity index (χ4n) is 2.49. The second kappa shape index (κ2) is 12.5. The van der Waals surface area contributed by atoms with Gasteiger partial charge in [0.2, 0.25) is 10.0 Å². The second-order valence-corrected chi connectivity index (χ2v) is 7.83. The smallest absolute Gasteiger partial charge is 0.213 e. The quantitative estimate of drug-likeness (QED) is 0.274. The van der Waals surface area contributed by atoms with Crippen LogP contribution in [0.2, 0.25) is 0 Å². The molecule has 1 aliphatic heterocycles. The summed E-state index contributed by atoms with van der Waals surface area (Å²) in [6.45, 7) is 4.68. The Hall–Kier alpha value is -0.910. The Balaban J connectivity index is 0.00000338. The number of benzene rings is 1. The number of hydrogen-bond donors (Lipinski definition) is 3. The zero-order valence-electron chi connectivity index (χ0n) is 15.1. The van der Waals surface area contributed by atoms with Gasteiger partial charge in [0, 0.05) is 26.2 Å². The summed E-state index contributed by atoms with van der Waals surface area (Å²) >= 11 is 0. The highest BCUT2D eigenvalue weighted by molar-refractivity contribution is 14.0. The first-order chi connectivity index (χ1) is 12.1. The van der Waals surface area contributed by atoms with Crippen molar-refractivity contribution < 1.29 is 13.2 Å². The lowest BCUT2D eigenvalue weighted by Crippen LogP contribution is -2.41. The molecule has 1 fully saturated rings. The SMILES string of the molecule is CCNC(=NCC1CCCO1)NCCS(=O)(=O)NCc1ccccc1.I. The van der Waals surface area contributed by atoms with E-state index in [1.165, 1.54) is 0 Å². The minimum absolute atomic E-state index is 0. The maximum absolute atomic E-state index is 12.1. The molecular weight excluding hydrogens is 467 g/mol. The van der Waals surface area contributed by atoms with Crippen molar-refractivity contribution in [1.82, 2.24) is 15.4 Å². The van der Waals surface area contributed by atoms with Gasteiger partial charge >= 0.3 is 0 Å².